The van der Waals surface area contributed by atoms with E-state index in [1.807, 2.05) is 0 Å². The standard InChI is InChI=1S/C15H18N2O3/c1-15(8-10-18,14(16)20)11-4-6-12(7-5-11)17-9-2-3-13(17)19/h4-7,10H,2-3,8-9H2,1H3,(H2,16,20). The molecule has 1 aromatic rings. The van der Waals surface area contributed by atoms with Crippen molar-refractivity contribution in [3.8, 4) is 0 Å². The molecule has 2 rings (SSSR count). The van der Waals surface area contributed by atoms with Gasteiger partial charge in [-0.3, -0.25) is 9.59 Å². The van der Waals surface area contributed by atoms with Crippen LogP contribution in [0, 0.1) is 0 Å². The summed E-state index contributed by atoms with van der Waals surface area (Å²) >= 11 is 0. The Hall–Kier alpha value is -2.17. The largest absolute Gasteiger partial charge is 0.369 e. The first-order valence-corrected chi connectivity index (χ1v) is 6.63. The summed E-state index contributed by atoms with van der Waals surface area (Å²) in [5.41, 5.74) is 5.91. The summed E-state index contributed by atoms with van der Waals surface area (Å²) < 4.78 is 0. The molecule has 1 fully saturated rings. The Balaban J connectivity index is 2.29. The highest BCUT2D eigenvalue weighted by Gasteiger charge is 2.33. The number of carbonyl (C=O) groups is 3. The average Bonchev–Trinajstić information content (AvgIpc) is 2.85. The predicted octanol–water partition coefficient (Wildman–Crippen LogP) is 1.15. The van der Waals surface area contributed by atoms with Gasteiger partial charge in [-0.1, -0.05) is 12.1 Å². The molecule has 1 unspecified atom stereocenters. The van der Waals surface area contributed by atoms with Gasteiger partial charge in [0.05, 0.1) is 5.41 Å². The highest BCUT2D eigenvalue weighted by Crippen LogP contribution is 2.29. The summed E-state index contributed by atoms with van der Waals surface area (Å²) in [6, 6.07) is 7.11. The van der Waals surface area contributed by atoms with E-state index in [1.165, 1.54) is 0 Å². The zero-order chi connectivity index (χ0) is 14.8. The SMILES string of the molecule is CC(CC=O)(C(N)=O)c1ccc(N2CCCC2=O)cc1. The number of hydrogen-bond donors (Lipinski definition) is 1. The lowest BCUT2D eigenvalue weighted by atomic mass is 9.79. The molecule has 0 aliphatic carbocycles. The summed E-state index contributed by atoms with van der Waals surface area (Å²) in [4.78, 5) is 35.8. The van der Waals surface area contributed by atoms with Crippen LogP contribution in [0.25, 0.3) is 0 Å². The number of carbonyl (C=O) groups excluding carboxylic acids is 3. The monoisotopic (exact) mass is 274 g/mol. The molecule has 1 atom stereocenters. The van der Waals surface area contributed by atoms with E-state index in [0.29, 0.717) is 18.3 Å². The van der Waals surface area contributed by atoms with Gasteiger partial charge in [-0.15, -0.1) is 0 Å². The van der Waals surface area contributed by atoms with Crippen LogP contribution in [0.3, 0.4) is 0 Å². The molecule has 5 nitrogen and oxygen atoms in total. The highest BCUT2D eigenvalue weighted by atomic mass is 16.2. The summed E-state index contributed by atoms with van der Waals surface area (Å²) in [6.07, 6.45) is 2.18. The lowest BCUT2D eigenvalue weighted by Crippen LogP contribution is -2.38. The Morgan fingerprint density at radius 3 is 2.50 bits per heavy atom. The van der Waals surface area contributed by atoms with E-state index < -0.39 is 11.3 Å². The van der Waals surface area contributed by atoms with Gasteiger partial charge < -0.3 is 15.4 Å². The van der Waals surface area contributed by atoms with E-state index in [-0.39, 0.29) is 12.3 Å². The van der Waals surface area contributed by atoms with E-state index >= 15 is 0 Å². The Bertz CT molecular complexity index is 539. The first-order valence-electron chi connectivity index (χ1n) is 6.63. The van der Waals surface area contributed by atoms with Crippen molar-refractivity contribution < 1.29 is 14.4 Å². The van der Waals surface area contributed by atoms with Crippen molar-refractivity contribution in [3.05, 3.63) is 29.8 Å². The Kier molecular flexibility index (Phi) is 3.88. The molecule has 0 aromatic heterocycles. The number of primary amides is 1. The van der Waals surface area contributed by atoms with Crippen LogP contribution in [0.4, 0.5) is 5.69 Å². The molecule has 1 heterocycles. The van der Waals surface area contributed by atoms with E-state index in [0.717, 1.165) is 18.7 Å². The molecule has 2 N–H and O–H groups in total. The normalized spacial score (nSPS) is 17.9. The first-order chi connectivity index (χ1) is 9.49. The summed E-state index contributed by atoms with van der Waals surface area (Å²) in [5.74, 6) is -0.419. The number of amides is 2. The fourth-order valence-corrected chi connectivity index (χ4v) is 2.46. The molecule has 0 spiro atoms. The van der Waals surface area contributed by atoms with Crippen molar-refractivity contribution in [2.75, 3.05) is 11.4 Å². The molecule has 20 heavy (non-hydrogen) atoms. The van der Waals surface area contributed by atoms with Crippen molar-refractivity contribution in [3.63, 3.8) is 0 Å². The third-order valence-electron chi connectivity index (χ3n) is 3.92. The van der Waals surface area contributed by atoms with Crippen LogP contribution < -0.4 is 10.6 Å². The van der Waals surface area contributed by atoms with Crippen molar-refractivity contribution in [1.82, 2.24) is 0 Å². The summed E-state index contributed by atoms with van der Waals surface area (Å²) in [6.45, 7) is 2.37. The maximum absolute atomic E-state index is 11.7. The molecular formula is C15H18N2O3. The number of benzene rings is 1. The lowest BCUT2D eigenvalue weighted by molar-refractivity contribution is -0.125. The minimum Gasteiger partial charge on any atom is -0.369 e. The van der Waals surface area contributed by atoms with Gasteiger partial charge >= 0.3 is 0 Å². The lowest BCUT2D eigenvalue weighted by Gasteiger charge is -2.25. The second-order valence-electron chi connectivity index (χ2n) is 5.26. The van der Waals surface area contributed by atoms with Crippen LogP contribution in [-0.2, 0) is 19.8 Å². The highest BCUT2D eigenvalue weighted by molar-refractivity contribution is 5.95. The zero-order valence-electron chi connectivity index (χ0n) is 11.5. The van der Waals surface area contributed by atoms with E-state index in [1.54, 1.807) is 36.1 Å². The second kappa shape index (κ2) is 5.45. The number of rotatable bonds is 5. The van der Waals surface area contributed by atoms with Gasteiger partial charge in [0.25, 0.3) is 0 Å². The molecule has 1 aromatic carbocycles. The van der Waals surface area contributed by atoms with Crippen LogP contribution in [0.1, 0.15) is 31.7 Å². The van der Waals surface area contributed by atoms with E-state index in [2.05, 4.69) is 0 Å². The quantitative estimate of drug-likeness (QED) is 0.818. The van der Waals surface area contributed by atoms with Crippen LogP contribution in [0.5, 0.6) is 0 Å². The van der Waals surface area contributed by atoms with E-state index in [9.17, 15) is 14.4 Å². The Morgan fingerprint density at radius 2 is 2.05 bits per heavy atom. The van der Waals surface area contributed by atoms with Gasteiger partial charge in [-0.05, 0) is 31.0 Å². The van der Waals surface area contributed by atoms with Crippen molar-refractivity contribution in [2.24, 2.45) is 5.73 Å². The number of anilines is 1. The third kappa shape index (κ3) is 2.43. The first kappa shape index (κ1) is 14.2. The molecule has 0 radical (unpaired) electrons. The molecule has 2 amide bonds. The molecule has 1 aliphatic rings. The predicted molar refractivity (Wildman–Crippen MR) is 75.3 cm³/mol. The molecule has 5 heteroatoms. The van der Waals surface area contributed by atoms with Crippen LogP contribution in [-0.4, -0.2) is 24.6 Å². The van der Waals surface area contributed by atoms with Crippen molar-refractivity contribution in [1.29, 1.82) is 0 Å². The zero-order valence-corrected chi connectivity index (χ0v) is 11.5. The molecule has 0 bridgehead atoms. The molecular weight excluding hydrogens is 256 g/mol. The van der Waals surface area contributed by atoms with Crippen LogP contribution in [0.15, 0.2) is 24.3 Å². The van der Waals surface area contributed by atoms with Gasteiger partial charge in [0.1, 0.15) is 6.29 Å². The van der Waals surface area contributed by atoms with E-state index in [4.69, 9.17) is 5.73 Å². The van der Waals surface area contributed by atoms with Gasteiger partial charge in [0, 0.05) is 25.1 Å². The number of nitrogens with zero attached hydrogens (tertiary/aromatic N) is 1. The molecule has 0 saturated carbocycles. The fraction of sp³-hybridized carbons (Fsp3) is 0.400. The molecule has 1 aliphatic heterocycles. The maximum atomic E-state index is 11.7. The number of hydrogen-bond acceptors (Lipinski definition) is 3. The minimum atomic E-state index is -1.00. The van der Waals surface area contributed by atoms with Gasteiger partial charge in [0.15, 0.2) is 0 Å². The fourth-order valence-electron chi connectivity index (χ4n) is 2.46. The summed E-state index contributed by atoms with van der Waals surface area (Å²) in [5, 5.41) is 0. The van der Waals surface area contributed by atoms with Crippen LogP contribution in [0.2, 0.25) is 0 Å². The minimum absolute atomic E-state index is 0.0460. The Labute approximate surface area is 117 Å². The van der Waals surface area contributed by atoms with Gasteiger partial charge in [0.2, 0.25) is 11.8 Å². The number of aldehydes is 1. The topological polar surface area (TPSA) is 80.5 Å². The van der Waals surface area contributed by atoms with Crippen LogP contribution >= 0.6 is 0 Å². The average molecular weight is 274 g/mol. The Morgan fingerprint density at radius 1 is 1.40 bits per heavy atom. The summed E-state index contributed by atoms with van der Waals surface area (Å²) in [7, 11) is 0. The smallest absolute Gasteiger partial charge is 0.228 e. The second-order valence-corrected chi connectivity index (χ2v) is 5.26. The third-order valence-corrected chi connectivity index (χ3v) is 3.92. The van der Waals surface area contributed by atoms with Gasteiger partial charge in [-0.25, -0.2) is 0 Å². The molecule has 106 valence electrons. The van der Waals surface area contributed by atoms with Crippen molar-refractivity contribution in [2.45, 2.75) is 31.6 Å². The molecule has 1 saturated heterocycles. The van der Waals surface area contributed by atoms with Gasteiger partial charge in [-0.2, -0.15) is 0 Å². The van der Waals surface area contributed by atoms with Crippen molar-refractivity contribution >= 4 is 23.8 Å². The number of nitrogens with two attached hydrogens (primary N) is 1. The maximum Gasteiger partial charge on any atom is 0.228 e.